The van der Waals surface area contributed by atoms with Gasteiger partial charge in [0.1, 0.15) is 39.3 Å². The first-order valence-corrected chi connectivity index (χ1v) is 8.56. The fourth-order valence-electron chi connectivity index (χ4n) is 3.45. The number of aryl methyl sites for hydroxylation is 1. The highest BCUT2D eigenvalue weighted by atomic mass is 16.6. The number of benzene rings is 2. The van der Waals surface area contributed by atoms with Gasteiger partial charge in [-0.3, -0.25) is 10.1 Å². The van der Waals surface area contributed by atoms with Gasteiger partial charge in [-0.2, -0.15) is 0 Å². The second-order valence-electron chi connectivity index (χ2n) is 6.77. The van der Waals surface area contributed by atoms with Gasteiger partial charge in [-0.15, -0.1) is 0 Å². The van der Waals surface area contributed by atoms with Crippen molar-refractivity contribution >= 4 is 5.69 Å². The van der Waals surface area contributed by atoms with E-state index in [0.29, 0.717) is 0 Å². The van der Waals surface area contributed by atoms with Gasteiger partial charge in [0.05, 0.1) is 4.92 Å². The molecule has 2 N–H and O–H groups in total. The first kappa shape index (κ1) is 16.6. The Bertz CT molecular complexity index is 692. The van der Waals surface area contributed by atoms with Crippen molar-refractivity contribution in [1.82, 2.24) is 0 Å². The zero-order chi connectivity index (χ0) is 16.9. The van der Waals surface area contributed by atoms with E-state index in [1.807, 2.05) is 12.1 Å². The minimum Gasteiger partial charge on any atom is -0.322 e. The minimum absolute atomic E-state index is 0.168. The van der Waals surface area contributed by atoms with Crippen LogP contribution in [0.15, 0.2) is 48.5 Å². The Labute approximate surface area is 142 Å². The van der Waals surface area contributed by atoms with Gasteiger partial charge in [0.2, 0.25) is 0 Å². The molecule has 0 saturated carbocycles. The van der Waals surface area contributed by atoms with Crippen LogP contribution in [0.25, 0.3) is 0 Å². The van der Waals surface area contributed by atoms with Gasteiger partial charge < -0.3 is 9.80 Å². The highest BCUT2D eigenvalue weighted by Crippen LogP contribution is 2.11. The van der Waals surface area contributed by atoms with Gasteiger partial charge in [0, 0.05) is 23.3 Å². The summed E-state index contributed by atoms with van der Waals surface area (Å²) in [6.07, 6.45) is 0. The molecule has 0 atom stereocenters. The molecule has 1 fully saturated rings. The van der Waals surface area contributed by atoms with Crippen LogP contribution in [0, 0.1) is 17.0 Å². The Morgan fingerprint density at radius 3 is 2.04 bits per heavy atom. The van der Waals surface area contributed by atoms with Gasteiger partial charge in [-0.25, -0.2) is 0 Å². The second-order valence-corrected chi connectivity index (χ2v) is 6.77. The second kappa shape index (κ2) is 7.55. The van der Waals surface area contributed by atoms with Crippen LogP contribution in [0.2, 0.25) is 0 Å². The topological polar surface area (TPSA) is 52.0 Å². The molecule has 2 aromatic rings. The van der Waals surface area contributed by atoms with E-state index in [9.17, 15) is 10.1 Å². The number of hydrogen-bond acceptors (Lipinski definition) is 2. The lowest BCUT2D eigenvalue weighted by Gasteiger charge is -2.29. The maximum Gasteiger partial charge on any atom is 0.269 e. The van der Waals surface area contributed by atoms with Crippen LogP contribution < -0.4 is 9.80 Å². The van der Waals surface area contributed by atoms with Crippen molar-refractivity contribution in [2.24, 2.45) is 0 Å². The van der Waals surface area contributed by atoms with Crippen molar-refractivity contribution in [2.45, 2.75) is 20.0 Å². The molecule has 24 heavy (non-hydrogen) atoms. The summed E-state index contributed by atoms with van der Waals surface area (Å²) >= 11 is 0. The zero-order valence-electron chi connectivity index (χ0n) is 14.1. The van der Waals surface area contributed by atoms with E-state index in [1.54, 1.807) is 21.9 Å². The van der Waals surface area contributed by atoms with Crippen molar-refractivity contribution in [3.05, 3.63) is 75.3 Å². The van der Waals surface area contributed by atoms with Gasteiger partial charge in [-0.05, 0) is 19.1 Å². The Morgan fingerprint density at radius 2 is 1.50 bits per heavy atom. The molecule has 0 amide bonds. The maximum atomic E-state index is 10.7. The molecule has 0 aromatic heterocycles. The van der Waals surface area contributed by atoms with Gasteiger partial charge >= 0.3 is 0 Å². The lowest BCUT2D eigenvalue weighted by Crippen LogP contribution is -3.27. The monoisotopic (exact) mass is 327 g/mol. The van der Waals surface area contributed by atoms with Crippen molar-refractivity contribution in [2.75, 3.05) is 26.2 Å². The van der Waals surface area contributed by atoms with E-state index >= 15 is 0 Å². The number of piperazine rings is 1. The largest absolute Gasteiger partial charge is 0.322 e. The third kappa shape index (κ3) is 4.40. The number of rotatable bonds is 5. The Morgan fingerprint density at radius 1 is 0.917 bits per heavy atom. The molecular formula is C19H25N3O2+2. The number of nitro benzene ring substituents is 1. The molecule has 1 aliphatic heterocycles. The Balaban J connectivity index is 1.49. The average Bonchev–Trinajstić information content (AvgIpc) is 2.57. The lowest BCUT2D eigenvalue weighted by molar-refractivity contribution is -1.02. The molecule has 5 heteroatoms. The molecule has 0 bridgehead atoms. The quantitative estimate of drug-likeness (QED) is 0.616. The summed E-state index contributed by atoms with van der Waals surface area (Å²) < 4.78 is 0. The molecule has 0 unspecified atom stereocenters. The highest BCUT2D eigenvalue weighted by molar-refractivity contribution is 5.32. The molecule has 2 aromatic carbocycles. The number of nitro groups is 1. The predicted octanol–water partition coefficient (Wildman–Crippen LogP) is 0.387. The number of hydrogen-bond donors (Lipinski definition) is 2. The molecule has 1 saturated heterocycles. The summed E-state index contributed by atoms with van der Waals surface area (Å²) in [5.74, 6) is 0. The third-order valence-electron chi connectivity index (χ3n) is 4.80. The van der Waals surface area contributed by atoms with Gasteiger partial charge in [-0.1, -0.05) is 29.8 Å². The summed E-state index contributed by atoms with van der Waals surface area (Å²) in [7, 11) is 0. The Hall–Kier alpha value is -2.24. The molecule has 0 aliphatic carbocycles. The fourth-order valence-corrected chi connectivity index (χ4v) is 3.45. The highest BCUT2D eigenvalue weighted by Gasteiger charge is 2.23. The maximum absolute atomic E-state index is 10.7. The number of nitrogens with one attached hydrogen (secondary N) is 2. The van der Waals surface area contributed by atoms with Crippen molar-refractivity contribution < 1.29 is 14.7 Å². The Kier molecular flexibility index (Phi) is 5.23. The summed E-state index contributed by atoms with van der Waals surface area (Å²) in [5.41, 5.74) is 4.09. The number of nitrogens with zero attached hydrogens (tertiary/aromatic N) is 1. The predicted molar refractivity (Wildman–Crippen MR) is 93.1 cm³/mol. The summed E-state index contributed by atoms with van der Waals surface area (Å²) in [5, 5.41) is 10.7. The smallest absolute Gasteiger partial charge is 0.269 e. The molecule has 5 nitrogen and oxygen atoms in total. The van der Waals surface area contributed by atoms with Crippen LogP contribution in [-0.2, 0) is 13.1 Å². The van der Waals surface area contributed by atoms with Crippen LogP contribution in [0.4, 0.5) is 5.69 Å². The molecule has 1 aliphatic rings. The fraction of sp³-hybridized carbons (Fsp3) is 0.368. The lowest BCUT2D eigenvalue weighted by atomic mass is 10.1. The first-order valence-electron chi connectivity index (χ1n) is 8.56. The van der Waals surface area contributed by atoms with Crippen LogP contribution in [0.1, 0.15) is 16.7 Å². The van der Waals surface area contributed by atoms with Crippen molar-refractivity contribution in [1.29, 1.82) is 0 Å². The summed E-state index contributed by atoms with van der Waals surface area (Å²) in [6.45, 7) is 8.86. The van der Waals surface area contributed by atoms with E-state index in [2.05, 4.69) is 31.2 Å². The number of quaternary nitrogens is 2. The van der Waals surface area contributed by atoms with E-state index in [-0.39, 0.29) is 10.6 Å². The summed E-state index contributed by atoms with van der Waals surface area (Å²) in [4.78, 5) is 13.6. The summed E-state index contributed by atoms with van der Waals surface area (Å²) in [6, 6.07) is 15.8. The zero-order valence-corrected chi connectivity index (χ0v) is 14.1. The molecule has 126 valence electrons. The number of non-ortho nitro benzene ring substituents is 1. The molecule has 3 rings (SSSR count). The molecule has 1 heterocycles. The van der Waals surface area contributed by atoms with Crippen LogP contribution in [0.5, 0.6) is 0 Å². The minimum atomic E-state index is -0.343. The van der Waals surface area contributed by atoms with E-state index < -0.39 is 0 Å². The molecule has 0 radical (unpaired) electrons. The standard InChI is InChI=1S/C19H23N3O2/c1-16-3-2-4-18(13-16)15-21-11-9-20(10-12-21)14-17-5-7-19(8-6-17)22(23)24/h2-8,13H,9-12,14-15H2,1H3/p+2. The van der Waals surface area contributed by atoms with E-state index in [1.165, 1.54) is 29.8 Å². The van der Waals surface area contributed by atoms with Crippen LogP contribution >= 0.6 is 0 Å². The average molecular weight is 327 g/mol. The van der Waals surface area contributed by atoms with Crippen LogP contribution in [0.3, 0.4) is 0 Å². The molecular weight excluding hydrogens is 302 g/mol. The van der Waals surface area contributed by atoms with Crippen molar-refractivity contribution in [3.8, 4) is 0 Å². The molecule has 0 spiro atoms. The van der Waals surface area contributed by atoms with E-state index in [0.717, 1.165) is 26.2 Å². The van der Waals surface area contributed by atoms with Gasteiger partial charge in [0.25, 0.3) is 5.69 Å². The van der Waals surface area contributed by atoms with Crippen molar-refractivity contribution in [3.63, 3.8) is 0 Å². The van der Waals surface area contributed by atoms with Crippen LogP contribution in [-0.4, -0.2) is 31.1 Å². The van der Waals surface area contributed by atoms with E-state index in [4.69, 9.17) is 0 Å². The normalized spacial score (nSPS) is 20.7. The first-order chi connectivity index (χ1) is 11.6. The van der Waals surface area contributed by atoms with Gasteiger partial charge in [0.15, 0.2) is 0 Å². The third-order valence-corrected chi connectivity index (χ3v) is 4.80. The SMILES string of the molecule is Cc1cccc(C[NH+]2CC[NH+](Cc3ccc([N+](=O)[O-])cc3)CC2)c1.